The lowest BCUT2D eigenvalue weighted by Crippen LogP contribution is -2.34. The average molecular weight is 436 g/mol. The van der Waals surface area contributed by atoms with Crippen LogP contribution >= 0.6 is 0 Å². The highest BCUT2D eigenvalue weighted by Crippen LogP contribution is 2.28. The van der Waals surface area contributed by atoms with Gasteiger partial charge >= 0.3 is 5.69 Å². The first kappa shape index (κ1) is 23.4. The molecule has 3 N–H and O–H groups in total. The number of H-pyrrole nitrogens is 1. The molecule has 0 aliphatic carbocycles. The van der Waals surface area contributed by atoms with E-state index < -0.39 is 38.5 Å². The van der Waals surface area contributed by atoms with Gasteiger partial charge in [-0.15, -0.1) is 6.42 Å². The third-order valence-corrected chi connectivity index (χ3v) is 6.07. The van der Waals surface area contributed by atoms with E-state index in [9.17, 15) is 18.0 Å². The normalized spacial score (nSPS) is 14.5. The number of ether oxygens (including phenoxy) is 2. The van der Waals surface area contributed by atoms with E-state index in [0.29, 0.717) is 5.75 Å². The summed E-state index contributed by atoms with van der Waals surface area (Å²) in [5.41, 5.74) is -0.397. The number of rotatable bonds is 10. The van der Waals surface area contributed by atoms with Crippen LogP contribution in [0.15, 0.2) is 46.1 Å². The summed E-state index contributed by atoms with van der Waals surface area (Å²) in [6.45, 7) is 3.40. The fourth-order valence-electron chi connectivity index (χ4n) is 2.93. The second-order valence-electron chi connectivity index (χ2n) is 6.82. The zero-order valence-corrected chi connectivity index (χ0v) is 17.6. The molecule has 162 valence electrons. The zero-order valence-electron chi connectivity index (χ0n) is 16.8. The summed E-state index contributed by atoms with van der Waals surface area (Å²) < 4.78 is 36.5. The van der Waals surface area contributed by atoms with Gasteiger partial charge in [0.25, 0.3) is 5.56 Å². The molecule has 1 heterocycles. The molecular formula is C20H25N3O6S. The van der Waals surface area contributed by atoms with Gasteiger partial charge in [0.1, 0.15) is 12.5 Å². The highest BCUT2D eigenvalue weighted by atomic mass is 32.2. The maximum Gasteiger partial charge on any atom is 0.330 e. The van der Waals surface area contributed by atoms with E-state index in [1.54, 1.807) is 38.1 Å². The Bertz CT molecular complexity index is 1120. The van der Waals surface area contributed by atoms with Crippen molar-refractivity contribution in [1.29, 1.82) is 0 Å². The smallest absolute Gasteiger partial charge is 0.330 e. The first-order valence-corrected chi connectivity index (χ1v) is 10.8. The molecule has 0 saturated carbocycles. The fraction of sp³-hybridized carbons (Fsp3) is 0.400. The van der Waals surface area contributed by atoms with Crippen LogP contribution in [0.1, 0.15) is 31.7 Å². The Balaban J connectivity index is 2.07. The van der Waals surface area contributed by atoms with Crippen molar-refractivity contribution in [2.24, 2.45) is 5.14 Å². The molecule has 0 fully saturated rings. The molecule has 1 aromatic heterocycles. The Morgan fingerprint density at radius 2 is 2.00 bits per heavy atom. The number of hydrogen-bond donors (Lipinski definition) is 2. The van der Waals surface area contributed by atoms with Crippen LogP contribution in [0.4, 0.5) is 0 Å². The molecule has 9 nitrogen and oxygen atoms in total. The molecule has 0 bridgehead atoms. The van der Waals surface area contributed by atoms with Crippen molar-refractivity contribution in [1.82, 2.24) is 9.55 Å². The molecule has 0 radical (unpaired) electrons. The number of benzene rings is 1. The highest BCUT2D eigenvalue weighted by Gasteiger charge is 2.29. The number of hydrogen-bond acceptors (Lipinski definition) is 6. The van der Waals surface area contributed by atoms with Crippen molar-refractivity contribution in [2.45, 2.75) is 44.3 Å². The number of terminal acetylenes is 1. The van der Waals surface area contributed by atoms with E-state index in [4.69, 9.17) is 21.0 Å². The van der Waals surface area contributed by atoms with Crippen LogP contribution in [-0.4, -0.2) is 35.9 Å². The van der Waals surface area contributed by atoms with Crippen molar-refractivity contribution < 1.29 is 17.9 Å². The van der Waals surface area contributed by atoms with Gasteiger partial charge in [-0.05, 0) is 37.0 Å². The predicted molar refractivity (Wildman–Crippen MR) is 113 cm³/mol. The lowest BCUT2D eigenvalue weighted by atomic mass is 9.95. The Hall–Kier alpha value is -2.87. The van der Waals surface area contributed by atoms with Crippen LogP contribution in [0.25, 0.3) is 0 Å². The molecule has 1 aromatic carbocycles. The minimum absolute atomic E-state index is 0.0430. The van der Waals surface area contributed by atoms with Gasteiger partial charge in [0.05, 0.1) is 11.9 Å². The van der Waals surface area contributed by atoms with Gasteiger partial charge in [-0.2, -0.15) is 0 Å². The summed E-state index contributed by atoms with van der Waals surface area (Å²) in [7, 11) is -3.88. The van der Waals surface area contributed by atoms with Crippen molar-refractivity contribution in [3.63, 3.8) is 0 Å². The van der Waals surface area contributed by atoms with Crippen molar-refractivity contribution in [3.05, 3.63) is 62.9 Å². The van der Waals surface area contributed by atoms with E-state index in [1.807, 2.05) is 0 Å². The van der Waals surface area contributed by atoms with Crippen LogP contribution in [-0.2, 0) is 21.5 Å². The summed E-state index contributed by atoms with van der Waals surface area (Å²) in [5.74, 6) is 2.56. The lowest BCUT2D eigenvalue weighted by molar-refractivity contribution is 0.0706. The van der Waals surface area contributed by atoms with E-state index in [2.05, 4.69) is 10.9 Å². The maximum atomic E-state index is 12.2. The van der Waals surface area contributed by atoms with Crippen LogP contribution in [0, 0.1) is 12.3 Å². The largest absolute Gasteiger partial charge is 0.478 e. The van der Waals surface area contributed by atoms with Crippen molar-refractivity contribution in [3.8, 4) is 18.1 Å². The first-order valence-electron chi connectivity index (χ1n) is 9.23. The van der Waals surface area contributed by atoms with Gasteiger partial charge in [0.2, 0.25) is 10.0 Å². The maximum absolute atomic E-state index is 12.2. The van der Waals surface area contributed by atoms with Gasteiger partial charge in [-0.3, -0.25) is 14.3 Å². The van der Waals surface area contributed by atoms with Crippen LogP contribution in [0.3, 0.4) is 0 Å². The van der Waals surface area contributed by atoms with E-state index in [-0.39, 0.29) is 19.8 Å². The second-order valence-corrected chi connectivity index (χ2v) is 8.60. The molecule has 0 saturated heterocycles. The molecule has 0 amide bonds. The molecule has 30 heavy (non-hydrogen) atoms. The zero-order chi connectivity index (χ0) is 22.3. The lowest BCUT2D eigenvalue weighted by Gasteiger charge is -2.23. The van der Waals surface area contributed by atoms with E-state index in [0.717, 1.165) is 10.1 Å². The molecule has 0 spiro atoms. The SMILES string of the molecule is C#C[C@@H](C)Oc1cccc([C@@H](C)C(CCOCn2ccc(=O)[nH]c2=O)S(N)(=O)=O)c1. The van der Waals surface area contributed by atoms with Gasteiger partial charge in [-0.1, -0.05) is 25.0 Å². The molecule has 2 aromatic rings. The predicted octanol–water partition coefficient (Wildman–Crippen LogP) is 0.762. The number of sulfonamides is 1. The third kappa shape index (κ3) is 6.59. The molecule has 10 heteroatoms. The summed E-state index contributed by atoms with van der Waals surface area (Å²) in [6.07, 6.45) is 6.31. The Kier molecular flexibility index (Phi) is 8.00. The van der Waals surface area contributed by atoms with E-state index >= 15 is 0 Å². The second kappa shape index (κ2) is 10.2. The van der Waals surface area contributed by atoms with Gasteiger partial charge < -0.3 is 9.47 Å². The molecule has 0 aliphatic heterocycles. The molecule has 0 aliphatic rings. The van der Waals surface area contributed by atoms with E-state index in [1.165, 1.54) is 12.3 Å². The monoisotopic (exact) mass is 435 g/mol. The first-order chi connectivity index (χ1) is 14.1. The topological polar surface area (TPSA) is 133 Å². The summed E-state index contributed by atoms with van der Waals surface area (Å²) in [6, 6.07) is 8.20. The standard InChI is InChI=1S/C20H25N3O6S/c1-4-14(2)29-17-7-5-6-16(12-17)15(3)18(30(21,26)27)9-11-28-13-23-10-8-19(24)22-20(23)25/h1,5-8,10,12,14-15,18H,9,11,13H2,2-3H3,(H2,21,26,27)(H,22,24,25)/t14-,15-,18?/m1/s1. The Morgan fingerprint density at radius 1 is 1.27 bits per heavy atom. The van der Waals surface area contributed by atoms with Crippen molar-refractivity contribution in [2.75, 3.05) is 6.61 Å². The molecule has 1 unspecified atom stereocenters. The summed E-state index contributed by atoms with van der Waals surface area (Å²) in [4.78, 5) is 24.8. The minimum Gasteiger partial charge on any atom is -0.478 e. The number of aromatic nitrogens is 2. The Morgan fingerprint density at radius 3 is 2.63 bits per heavy atom. The van der Waals surface area contributed by atoms with Crippen molar-refractivity contribution >= 4 is 10.0 Å². The number of primary sulfonamides is 1. The fourth-order valence-corrected chi connectivity index (χ4v) is 4.08. The number of aromatic amines is 1. The summed E-state index contributed by atoms with van der Waals surface area (Å²) >= 11 is 0. The van der Waals surface area contributed by atoms with Crippen LogP contribution in [0.2, 0.25) is 0 Å². The Labute approximate surface area is 174 Å². The van der Waals surface area contributed by atoms with Crippen LogP contribution in [0.5, 0.6) is 5.75 Å². The number of nitrogens with zero attached hydrogens (tertiary/aromatic N) is 1. The van der Waals surface area contributed by atoms with Crippen LogP contribution < -0.4 is 21.1 Å². The quantitative estimate of drug-likeness (QED) is 0.418. The van der Waals surface area contributed by atoms with Gasteiger partial charge in [-0.25, -0.2) is 18.4 Å². The van der Waals surface area contributed by atoms with Gasteiger partial charge in [0, 0.05) is 12.3 Å². The average Bonchev–Trinajstić information content (AvgIpc) is 2.68. The number of nitrogens with one attached hydrogen (secondary N) is 1. The van der Waals surface area contributed by atoms with Gasteiger partial charge in [0.15, 0.2) is 6.10 Å². The number of nitrogens with two attached hydrogens (primary N) is 1. The highest BCUT2D eigenvalue weighted by molar-refractivity contribution is 7.89. The third-order valence-electron chi connectivity index (χ3n) is 4.59. The summed E-state index contributed by atoms with van der Waals surface area (Å²) in [5, 5.41) is 4.54. The minimum atomic E-state index is -3.88. The molecule has 3 atom stereocenters. The molecule has 2 rings (SSSR count). The molecular weight excluding hydrogens is 410 g/mol.